The molecule has 8 heteroatoms. The molecule has 0 aromatic heterocycles. The van der Waals surface area contributed by atoms with E-state index in [-0.39, 0.29) is 21.6 Å². The number of benzene rings is 3. The third-order valence-corrected chi connectivity index (χ3v) is 5.44. The molecule has 2 nitrogen and oxygen atoms in total. The molecule has 0 fully saturated rings. The minimum absolute atomic E-state index is 0.0236. The highest BCUT2D eigenvalue weighted by Gasteiger charge is 2.17. The summed E-state index contributed by atoms with van der Waals surface area (Å²) in [6.07, 6.45) is 1.03. The Morgan fingerprint density at radius 3 is 1.59 bits per heavy atom. The van der Waals surface area contributed by atoms with Crippen LogP contribution in [0.15, 0.2) is 53.4 Å². The summed E-state index contributed by atoms with van der Waals surface area (Å²) >= 11 is 5.47. The molecule has 0 spiro atoms. The van der Waals surface area contributed by atoms with Crippen LogP contribution in [0.2, 0.25) is 5.02 Å². The summed E-state index contributed by atoms with van der Waals surface area (Å²) < 4.78 is 78.4. The SMILES string of the molecule is CS(=O)(=O)c1ccc(-c2cc(F)c(F)cc2-c2cc(F)c(Cl)c(F)c2)cc1. The maximum absolute atomic E-state index is 13.8. The predicted octanol–water partition coefficient (Wildman–Crippen LogP) is 5.63. The molecule has 0 saturated carbocycles. The van der Waals surface area contributed by atoms with Gasteiger partial charge in [0.2, 0.25) is 0 Å². The first kappa shape index (κ1) is 19.4. The van der Waals surface area contributed by atoms with Crippen LogP contribution in [0.4, 0.5) is 17.6 Å². The van der Waals surface area contributed by atoms with E-state index >= 15 is 0 Å². The zero-order valence-electron chi connectivity index (χ0n) is 13.7. The van der Waals surface area contributed by atoms with Crippen molar-refractivity contribution >= 4 is 21.4 Å². The highest BCUT2D eigenvalue weighted by Crippen LogP contribution is 2.36. The van der Waals surface area contributed by atoms with Gasteiger partial charge in [-0.05, 0) is 58.7 Å². The number of sulfone groups is 1. The zero-order valence-corrected chi connectivity index (χ0v) is 15.3. The van der Waals surface area contributed by atoms with Crippen molar-refractivity contribution < 1.29 is 26.0 Å². The molecule has 27 heavy (non-hydrogen) atoms. The second-order valence-corrected chi connectivity index (χ2v) is 8.26. The van der Waals surface area contributed by atoms with Crippen LogP contribution in [-0.2, 0) is 9.84 Å². The quantitative estimate of drug-likeness (QED) is 0.411. The van der Waals surface area contributed by atoms with E-state index in [4.69, 9.17) is 11.6 Å². The first-order valence-corrected chi connectivity index (χ1v) is 9.79. The molecular weight excluding hydrogens is 404 g/mol. The molecule has 0 radical (unpaired) electrons. The molecular formula is C19H11ClF4O2S. The summed E-state index contributed by atoms with van der Waals surface area (Å²) in [6.45, 7) is 0. The molecule has 3 aromatic carbocycles. The Balaban J connectivity index is 2.24. The molecule has 0 saturated heterocycles. The summed E-state index contributed by atoms with van der Waals surface area (Å²) in [7, 11) is -3.44. The zero-order chi connectivity index (χ0) is 19.9. The van der Waals surface area contributed by atoms with Gasteiger partial charge in [0.05, 0.1) is 4.90 Å². The lowest BCUT2D eigenvalue weighted by Gasteiger charge is -2.13. The molecule has 0 amide bonds. The fourth-order valence-corrected chi connectivity index (χ4v) is 3.36. The minimum Gasteiger partial charge on any atom is -0.224 e. The number of rotatable bonds is 3. The third kappa shape index (κ3) is 3.84. The smallest absolute Gasteiger partial charge is 0.175 e. The van der Waals surface area contributed by atoms with Crippen LogP contribution >= 0.6 is 11.6 Å². The van der Waals surface area contributed by atoms with Crippen LogP contribution in [0.25, 0.3) is 22.3 Å². The van der Waals surface area contributed by atoms with E-state index in [1.807, 2.05) is 0 Å². The molecule has 140 valence electrons. The molecule has 3 rings (SSSR count). The van der Waals surface area contributed by atoms with Gasteiger partial charge in [0.1, 0.15) is 16.7 Å². The molecule has 0 aliphatic heterocycles. The maximum atomic E-state index is 13.8. The van der Waals surface area contributed by atoms with Gasteiger partial charge in [-0.25, -0.2) is 26.0 Å². The van der Waals surface area contributed by atoms with E-state index in [9.17, 15) is 26.0 Å². The first-order valence-electron chi connectivity index (χ1n) is 7.52. The van der Waals surface area contributed by atoms with E-state index in [2.05, 4.69) is 0 Å². The van der Waals surface area contributed by atoms with Crippen LogP contribution in [0.5, 0.6) is 0 Å². The van der Waals surface area contributed by atoms with Gasteiger partial charge in [-0.15, -0.1) is 0 Å². The minimum atomic E-state index is -3.44. The van der Waals surface area contributed by atoms with Gasteiger partial charge in [0.15, 0.2) is 21.5 Å². The van der Waals surface area contributed by atoms with Gasteiger partial charge >= 0.3 is 0 Å². The molecule has 0 aliphatic carbocycles. The van der Waals surface area contributed by atoms with Gasteiger partial charge in [0.25, 0.3) is 0 Å². The largest absolute Gasteiger partial charge is 0.224 e. The Hall–Kier alpha value is -2.38. The van der Waals surface area contributed by atoms with Crippen molar-refractivity contribution in [2.75, 3.05) is 6.26 Å². The van der Waals surface area contributed by atoms with E-state index in [1.54, 1.807) is 0 Å². The van der Waals surface area contributed by atoms with Crippen molar-refractivity contribution in [3.05, 3.63) is 76.8 Å². The second kappa shape index (κ2) is 6.98. The molecule has 0 bridgehead atoms. The Kier molecular flexibility index (Phi) is 5.01. The normalized spacial score (nSPS) is 11.6. The molecule has 0 unspecified atom stereocenters. The summed E-state index contributed by atoms with van der Waals surface area (Å²) in [6, 6.07) is 8.92. The molecule has 0 heterocycles. The highest BCUT2D eigenvalue weighted by molar-refractivity contribution is 7.90. The van der Waals surface area contributed by atoms with E-state index in [0.717, 1.165) is 30.5 Å². The lowest BCUT2D eigenvalue weighted by Crippen LogP contribution is -1.97. The van der Waals surface area contributed by atoms with Crippen molar-refractivity contribution in [2.24, 2.45) is 0 Å². The lowest BCUT2D eigenvalue weighted by atomic mass is 9.94. The average Bonchev–Trinajstić information content (AvgIpc) is 2.60. The number of hydrogen-bond donors (Lipinski definition) is 0. The number of halogens is 5. The van der Waals surface area contributed by atoms with Gasteiger partial charge in [0, 0.05) is 6.26 Å². The summed E-state index contributed by atoms with van der Waals surface area (Å²) in [5.74, 6) is -4.45. The fourth-order valence-electron chi connectivity index (χ4n) is 2.62. The number of hydrogen-bond acceptors (Lipinski definition) is 2. The van der Waals surface area contributed by atoms with Gasteiger partial charge in [-0.3, -0.25) is 0 Å². The fraction of sp³-hybridized carbons (Fsp3) is 0.0526. The maximum Gasteiger partial charge on any atom is 0.175 e. The Bertz CT molecular complexity index is 1120. The molecule has 3 aromatic rings. The average molecular weight is 415 g/mol. The highest BCUT2D eigenvalue weighted by atomic mass is 35.5. The summed E-state index contributed by atoms with van der Waals surface area (Å²) in [4.78, 5) is 0.0407. The van der Waals surface area contributed by atoms with E-state index < -0.39 is 38.1 Å². The standard InChI is InChI=1S/C19H11ClF4O2S/c1-27(25,26)12-4-2-10(3-5-12)13-8-15(21)16(22)9-14(13)11-6-17(23)19(20)18(24)7-11/h2-9H,1H3. The predicted molar refractivity (Wildman–Crippen MR) is 95.3 cm³/mol. The van der Waals surface area contributed by atoms with E-state index in [0.29, 0.717) is 5.56 Å². The van der Waals surface area contributed by atoms with E-state index in [1.165, 1.54) is 24.3 Å². The van der Waals surface area contributed by atoms with Gasteiger partial charge in [-0.2, -0.15) is 0 Å². The molecule has 0 aliphatic rings. The van der Waals surface area contributed by atoms with Crippen LogP contribution in [-0.4, -0.2) is 14.7 Å². The van der Waals surface area contributed by atoms with Crippen molar-refractivity contribution in [1.82, 2.24) is 0 Å². The summed E-state index contributed by atoms with van der Waals surface area (Å²) in [5.41, 5.74) is 0.452. The molecule has 0 N–H and O–H groups in total. The van der Waals surface area contributed by atoms with Crippen LogP contribution in [0, 0.1) is 23.3 Å². The second-order valence-electron chi connectivity index (χ2n) is 5.86. The van der Waals surface area contributed by atoms with Crippen LogP contribution in [0.3, 0.4) is 0 Å². The van der Waals surface area contributed by atoms with Crippen molar-refractivity contribution in [3.8, 4) is 22.3 Å². The Morgan fingerprint density at radius 1 is 0.704 bits per heavy atom. The summed E-state index contributed by atoms with van der Waals surface area (Å²) in [5, 5.41) is -0.708. The Morgan fingerprint density at radius 2 is 1.15 bits per heavy atom. The van der Waals surface area contributed by atoms with Gasteiger partial charge < -0.3 is 0 Å². The first-order chi connectivity index (χ1) is 12.6. The van der Waals surface area contributed by atoms with Crippen molar-refractivity contribution in [2.45, 2.75) is 4.90 Å². The lowest BCUT2D eigenvalue weighted by molar-refractivity contribution is 0.509. The van der Waals surface area contributed by atoms with Crippen molar-refractivity contribution in [3.63, 3.8) is 0 Å². The molecule has 0 atom stereocenters. The van der Waals surface area contributed by atoms with Crippen LogP contribution in [0.1, 0.15) is 0 Å². The Labute approximate surface area is 158 Å². The van der Waals surface area contributed by atoms with Gasteiger partial charge in [-0.1, -0.05) is 23.7 Å². The monoisotopic (exact) mass is 414 g/mol. The van der Waals surface area contributed by atoms with Crippen molar-refractivity contribution in [1.29, 1.82) is 0 Å². The van der Waals surface area contributed by atoms with Crippen LogP contribution < -0.4 is 0 Å². The topological polar surface area (TPSA) is 34.1 Å². The third-order valence-electron chi connectivity index (χ3n) is 3.95.